The molecule has 0 fully saturated rings. The van der Waals surface area contributed by atoms with Gasteiger partial charge in [0.2, 0.25) is 0 Å². The van der Waals surface area contributed by atoms with Gasteiger partial charge in [0.05, 0.1) is 12.2 Å². The summed E-state index contributed by atoms with van der Waals surface area (Å²) in [5, 5.41) is -0.271. The zero-order valence-electron chi connectivity index (χ0n) is 10.3. The van der Waals surface area contributed by atoms with Crippen molar-refractivity contribution < 1.29 is 31.9 Å². The van der Waals surface area contributed by atoms with Gasteiger partial charge in [-0.05, 0) is 25.1 Å². The first-order valence-electron chi connectivity index (χ1n) is 5.65. The quantitative estimate of drug-likeness (QED) is 0.494. The third-order valence-electron chi connectivity index (χ3n) is 2.55. The molecule has 0 unspecified atom stereocenters. The highest BCUT2D eigenvalue weighted by Crippen LogP contribution is 2.36. The van der Waals surface area contributed by atoms with Crippen molar-refractivity contribution in [2.45, 2.75) is 13.1 Å². The third-order valence-corrected chi connectivity index (χ3v) is 2.55. The van der Waals surface area contributed by atoms with Crippen molar-refractivity contribution in [1.29, 1.82) is 0 Å². The Balaban J connectivity index is 2.49. The molecule has 1 aromatic carbocycles. The second kappa shape index (κ2) is 4.99. The van der Waals surface area contributed by atoms with Crippen LogP contribution < -0.4 is 0 Å². The highest BCUT2D eigenvalue weighted by atomic mass is 19.4. The molecule has 1 heterocycles. The van der Waals surface area contributed by atoms with Crippen LogP contribution in [0.25, 0.3) is 11.0 Å². The molecule has 2 rings (SSSR count). The van der Waals surface area contributed by atoms with Gasteiger partial charge in [-0.2, -0.15) is 13.2 Å². The molecule has 0 amide bonds. The number of rotatable bonds is 3. The molecule has 106 valence electrons. The number of hydrogen-bond donors (Lipinski definition) is 0. The first-order chi connectivity index (χ1) is 9.34. The van der Waals surface area contributed by atoms with Crippen LogP contribution in [0.15, 0.2) is 28.7 Å². The molecule has 20 heavy (non-hydrogen) atoms. The monoisotopic (exact) mass is 286 g/mol. The van der Waals surface area contributed by atoms with E-state index in [-0.39, 0.29) is 17.6 Å². The normalized spacial score (nSPS) is 11.6. The number of esters is 1. The molecular weight excluding hydrogens is 277 g/mol. The van der Waals surface area contributed by atoms with Gasteiger partial charge in [-0.3, -0.25) is 4.79 Å². The molecule has 0 atom stereocenters. The van der Waals surface area contributed by atoms with Gasteiger partial charge in [0.15, 0.2) is 5.76 Å². The van der Waals surface area contributed by atoms with E-state index in [9.17, 15) is 22.8 Å². The molecule has 0 saturated heterocycles. The van der Waals surface area contributed by atoms with Gasteiger partial charge in [0.25, 0.3) is 0 Å². The summed E-state index contributed by atoms with van der Waals surface area (Å²) >= 11 is 0. The van der Waals surface area contributed by atoms with Gasteiger partial charge >= 0.3 is 17.9 Å². The number of furan rings is 1. The van der Waals surface area contributed by atoms with Crippen LogP contribution in [0, 0.1) is 0 Å². The molecule has 0 aliphatic carbocycles. The van der Waals surface area contributed by atoms with Gasteiger partial charge in [-0.15, -0.1) is 0 Å². The fraction of sp³-hybridized carbons (Fsp3) is 0.231. The smallest absolute Gasteiger partial charge is 0.417 e. The summed E-state index contributed by atoms with van der Waals surface area (Å²) in [6, 6.07) is 4.22. The summed E-state index contributed by atoms with van der Waals surface area (Å²) in [5.41, 5.74) is -1.05. The van der Waals surface area contributed by atoms with E-state index in [0.29, 0.717) is 0 Å². The van der Waals surface area contributed by atoms with Crippen molar-refractivity contribution in [2.75, 3.05) is 6.61 Å². The minimum atomic E-state index is -4.58. The van der Waals surface area contributed by atoms with Crippen LogP contribution in [0.2, 0.25) is 0 Å². The number of fused-ring (bicyclic) bond motifs is 1. The number of ketones is 1. The lowest BCUT2D eigenvalue weighted by Crippen LogP contribution is -2.16. The summed E-state index contributed by atoms with van der Waals surface area (Å²) in [6.07, 6.45) is -4.58. The molecule has 0 bridgehead atoms. The molecule has 0 radical (unpaired) electrons. The summed E-state index contributed by atoms with van der Waals surface area (Å²) in [6.45, 7) is 1.49. The SMILES string of the molecule is CCOC(=O)C(=O)c1cc2c(C(F)(F)F)cccc2o1. The highest BCUT2D eigenvalue weighted by Gasteiger charge is 2.34. The average molecular weight is 286 g/mol. The minimum absolute atomic E-state index is 0.0153. The van der Waals surface area contributed by atoms with Crippen molar-refractivity contribution >= 4 is 22.7 Å². The Morgan fingerprint density at radius 3 is 2.60 bits per heavy atom. The van der Waals surface area contributed by atoms with Gasteiger partial charge in [0.1, 0.15) is 5.58 Å². The number of carbonyl (C=O) groups is 2. The second-order valence-electron chi connectivity index (χ2n) is 3.88. The van der Waals surface area contributed by atoms with Crippen LogP contribution >= 0.6 is 0 Å². The number of carbonyl (C=O) groups excluding carboxylic acids is 2. The maximum atomic E-state index is 12.8. The molecule has 2 aromatic rings. The van der Waals surface area contributed by atoms with Crippen molar-refractivity contribution in [3.63, 3.8) is 0 Å². The lowest BCUT2D eigenvalue weighted by Gasteiger charge is -2.06. The standard InChI is InChI=1S/C13H9F3O4/c1-2-19-12(18)11(17)10-6-7-8(13(14,15)16)4-3-5-9(7)20-10/h3-6H,2H2,1H3. The van der Waals surface area contributed by atoms with E-state index in [4.69, 9.17) is 4.42 Å². The Kier molecular flexibility index (Phi) is 3.52. The lowest BCUT2D eigenvalue weighted by atomic mass is 10.1. The molecule has 0 N–H and O–H groups in total. The Morgan fingerprint density at radius 1 is 1.30 bits per heavy atom. The van der Waals surface area contributed by atoms with Gasteiger partial charge in [-0.25, -0.2) is 4.79 Å². The number of alkyl halides is 3. The first kappa shape index (κ1) is 14.1. The van der Waals surface area contributed by atoms with Crippen LogP contribution in [0.4, 0.5) is 13.2 Å². The highest BCUT2D eigenvalue weighted by molar-refractivity contribution is 6.40. The third kappa shape index (κ3) is 2.52. The van der Waals surface area contributed by atoms with E-state index in [1.165, 1.54) is 13.0 Å². The maximum Gasteiger partial charge on any atom is 0.417 e. The maximum absolute atomic E-state index is 12.8. The summed E-state index contributed by atoms with van der Waals surface area (Å²) in [5.74, 6) is -2.76. The lowest BCUT2D eigenvalue weighted by molar-refractivity contribution is -0.138. The van der Waals surface area contributed by atoms with E-state index in [1.54, 1.807) is 0 Å². The van der Waals surface area contributed by atoms with Crippen LogP contribution in [0.5, 0.6) is 0 Å². The number of benzene rings is 1. The molecular formula is C13H9F3O4. The van der Waals surface area contributed by atoms with Crippen LogP contribution in [0.1, 0.15) is 23.0 Å². The number of Topliss-reactive ketones (excluding diaryl/α,β-unsaturated/α-hetero) is 1. The molecule has 0 aliphatic rings. The molecule has 7 heteroatoms. The fourth-order valence-corrected chi connectivity index (χ4v) is 1.72. The number of halogens is 3. The van der Waals surface area contributed by atoms with Crippen molar-refractivity contribution in [2.24, 2.45) is 0 Å². The second-order valence-corrected chi connectivity index (χ2v) is 3.88. The molecule has 1 aromatic heterocycles. The van der Waals surface area contributed by atoms with Crippen molar-refractivity contribution in [1.82, 2.24) is 0 Å². The van der Waals surface area contributed by atoms with Crippen LogP contribution in [0.3, 0.4) is 0 Å². The first-order valence-corrected chi connectivity index (χ1v) is 5.65. The molecule has 4 nitrogen and oxygen atoms in total. The summed E-state index contributed by atoms with van der Waals surface area (Å²) < 4.78 is 47.8. The van der Waals surface area contributed by atoms with E-state index >= 15 is 0 Å². The number of hydrogen-bond acceptors (Lipinski definition) is 4. The van der Waals surface area contributed by atoms with Gasteiger partial charge < -0.3 is 9.15 Å². The van der Waals surface area contributed by atoms with E-state index in [0.717, 1.165) is 18.2 Å². The average Bonchev–Trinajstić information content (AvgIpc) is 2.80. The Morgan fingerprint density at radius 2 is 2.00 bits per heavy atom. The Bertz CT molecular complexity index is 670. The zero-order chi connectivity index (χ0) is 14.9. The van der Waals surface area contributed by atoms with Crippen LogP contribution in [-0.4, -0.2) is 18.4 Å². The molecule has 0 aliphatic heterocycles. The Hall–Kier alpha value is -2.31. The predicted octanol–water partition coefficient (Wildman–Crippen LogP) is 3.20. The van der Waals surface area contributed by atoms with Crippen LogP contribution in [-0.2, 0) is 15.7 Å². The van der Waals surface area contributed by atoms with Crippen molar-refractivity contribution in [3.8, 4) is 0 Å². The van der Waals surface area contributed by atoms with E-state index in [2.05, 4.69) is 4.74 Å². The molecule has 0 saturated carbocycles. The minimum Gasteiger partial charge on any atom is -0.460 e. The van der Waals surface area contributed by atoms with E-state index in [1.807, 2.05) is 0 Å². The zero-order valence-corrected chi connectivity index (χ0v) is 10.3. The predicted molar refractivity (Wildman–Crippen MR) is 62.2 cm³/mol. The summed E-state index contributed by atoms with van der Waals surface area (Å²) in [4.78, 5) is 22.9. The number of ether oxygens (including phenoxy) is 1. The Labute approximate surface area is 111 Å². The fourth-order valence-electron chi connectivity index (χ4n) is 1.72. The van der Waals surface area contributed by atoms with Gasteiger partial charge in [0, 0.05) is 5.39 Å². The molecule has 0 spiro atoms. The van der Waals surface area contributed by atoms with Gasteiger partial charge in [-0.1, -0.05) is 6.07 Å². The summed E-state index contributed by atoms with van der Waals surface area (Å²) in [7, 11) is 0. The van der Waals surface area contributed by atoms with E-state index < -0.39 is 29.3 Å². The van der Waals surface area contributed by atoms with Crippen molar-refractivity contribution in [3.05, 3.63) is 35.6 Å². The largest absolute Gasteiger partial charge is 0.460 e. The topological polar surface area (TPSA) is 56.5 Å².